The van der Waals surface area contributed by atoms with Gasteiger partial charge in [-0.2, -0.15) is 0 Å². The predicted molar refractivity (Wildman–Crippen MR) is 107 cm³/mol. The summed E-state index contributed by atoms with van der Waals surface area (Å²) in [5.41, 5.74) is 1.52. The second-order valence-corrected chi connectivity index (χ2v) is 8.36. The van der Waals surface area contributed by atoms with Gasteiger partial charge in [0.05, 0.1) is 10.8 Å². The van der Waals surface area contributed by atoms with Gasteiger partial charge in [-0.1, -0.05) is 36.0 Å². The smallest absolute Gasteiger partial charge is 0.243 e. The van der Waals surface area contributed by atoms with Gasteiger partial charge in [0.2, 0.25) is 11.8 Å². The fraction of sp³-hybridized carbons (Fsp3) is 0.476. The summed E-state index contributed by atoms with van der Waals surface area (Å²) in [5.74, 6) is -0.0256. The first-order valence-corrected chi connectivity index (χ1v) is 10.4. The van der Waals surface area contributed by atoms with E-state index in [9.17, 15) is 14.4 Å². The van der Waals surface area contributed by atoms with E-state index in [1.165, 1.54) is 22.7 Å². The third kappa shape index (κ3) is 4.26. The quantitative estimate of drug-likeness (QED) is 0.588. The number of thioether (sulfide) groups is 1. The third-order valence-electron chi connectivity index (χ3n) is 5.35. The highest BCUT2D eigenvalue weighted by atomic mass is 32.2. The summed E-state index contributed by atoms with van der Waals surface area (Å²) in [4.78, 5) is 41.2. The Labute approximate surface area is 164 Å². The maximum Gasteiger partial charge on any atom is 0.243 e. The predicted octanol–water partition coefficient (Wildman–Crippen LogP) is 3.38. The Morgan fingerprint density at radius 2 is 1.85 bits per heavy atom. The summed E-state index contributed by atoms with van der Waals surface area (Å²) < 4.78 is 0. The van der Waals surface area contributed by atoms with Crippen LogP contribution in [0.15, 0.2) is 35.4 Å². The average molecular weight is 387 g/mol. The number of piperidine rings is 1. The molecule has 2 fully saturated rings. The molecule has 6 heteroatoms. The van der Waals surface area contributed by atoms with Crippen molar-refractivity contribution in [1.29, 1.82) is 0 Å². The van der Waals surface area contributed by atoms with E-state index in [4.69, 9.17) is 0 Å². The van der Waals surface area contributed by atoms with Crippen LogP contribution in [0.1, 0.15) is 49.0 Å². The Balaban J connectivity index is 1.77. The van der Waals surface area contributed by atoms with Crippen molar-refractivity contribution in [2.45, 2.75) is 52.1 Å². The molecule has 3 rings (SSSR count). The van der Waals surface area contributed by atoms with Crippen molar-refractivity contribution >= 4 is 29.4 Å². The van der Waals surface area contributed by atoms with Gasteiger partial charge >= 0.3 is 0 Å². The molecule has 0 radical (unpaired) electrons. The number of ketones is 1. The highest BCUT2D eigenvalue weighted by Gasteiger charge is 2.34. The molecule has 0 saturated carbocycles. The van der Waals surface area contributed by atoms with Gasteiger partial charge in [-0.05, 0) is 45.6 Å². The van der Waals surface area contributed by atoms with Gasteiger partial charge in [-0.15, -0.1) is 0 Å². The van der Waals surface area contributed by atoms with E-state index < -0.39 is 0 Å². The van der Waals surface area contributed by atoms with Crippen LogP contribution < -0.4 is 0 Å². The van der Waals surface area contributed by atoms with Crippen LogP contribution in [-0.4, -0.2) is 51.8 Å². The molecule has 0 aromatic heterocycles. The maximum absolute atomic E-state index is 12.9. The number of likely N-dealkylation sites (tertiary alicyclic amines) is 1. The summed E-state index contributed by atoms with van der Waals surface area (Å²) in [6, 6.07) is 7.76. The van der Waals surface area contributed by atoms with Gasteiger partial charge in [0.1, 0.15) is 6.54 Å². The Morgan fingerprint density at radius 3 is 2.52 bits per heavy atom. The lowest BCUT2D eigenvalue weighted by Crippen LogP contribution is -2.51. The van der Waals surface area contributed by atoms with Crippen molar-refractivity contribution in [3.63, 3.8) is 0 Å². The zero-order valence-electron chi connectivity index (χ0n) is 16.1. The Kier molecular flexibility index (Phi) is 6.05. The van der Waals surface area contributed by atoms with Crippen molar-refractivity contribution in [3.8, 4) is 0 Å². The molecule has 0 bridgehead atoms. The molecule has 2 heterocycles. The monoisotopic (exact) mass is 386 g/mol. The zero-order valence-corrected chi connectivity index (χ0v) is 16.9. The fourth-order valence-corrected chi connectivity index (χ4v) is 4.81. The fourth-order valence-electron chi connectivity index (χ4n) is 3.87. The summed E-state index contributed by atoms with van der Waals surface area (Å²) >= 11 is 1.32. The molecule has 0 spiro atoms. The number of benzene rings is 1. The summed E-state index contributed by atoms with van der Waals surface area (Å²) in [6.45, 7) is 6.02. The molecule has 2 aliphatic rings. The van der Waals surface area contributed by atoms with Crippen molar-refractivity contribution in [2.75, 3.05) is 12.3 Å². The van der Waals surface area contributed by atoms with E-state index in [1.54, 1.807) is 6.07 Å². The minimum Gasteiger partial charge on any atom is -0.336 e. The van der Waals surface area contributed by atoms with Gasteiger partial charge in [0, 0.05) is 23.7 Å². The number of rotatable bonds is 4. The first kappa shape index (κ1) is 19.7. The number of carbonyl (C=O) groups excluding carboxylic acids is 3. The zero-order chi connectivity index (χ0) is 19.6. The molecule has 5 nitrogen and oxygen atoms in total. The van der Waals surface area contributed by atoms with Gasteiger partial charge in [-0.25, -0.2) is 0 Å². The van der Waals surface area contributed by atoms with E-state index >= 15 is 0 Å². The van der Waals surface area contributed by atoms with E-state index in [2.05, 4.69) is 13.8 Å². The van der Waals surface area contributed by atoms with Gasteiger partial charge in [-0.3, -0.25) is 19.3 Å². The van der Waals surface area contributed by atoms with Crippen molar-refractivity contribution in [3.05, 3.63) is 46.5 Å². The van der Waals surface area contributed by atoms with Gasteiger partial charge in [0.25, 0.3) is 0 Å². The van der Waals surface area contributed by atoms with Crippen LogP contribution in [0.4, 0.5) is 0 Å². The number of allylic oxidation sites excluding steroid dienone is 1. The van der Waals surface area contributed by atoms with E-state index in [-0.39, 0.29) is 42.0 Å². The van der Waals surface area contributed by atoms with E-state index in [0.29, 0.717) is 10.6 Å². The number of hydrogen-bond donors (Lipinski definition) is 0. The van der Waals surface area contributed by atoms with Crippen molar-refractivity contribution in [1.82, 2.24) is 9.80 Å². The normalized spacial score (nSPS) is 24.6. The SMILES string of the molecule is Cc1ccccc1C(=O)/C=C1\SCC(=O)N1CC(=O)N1[C@@H](C)CCC[C@@H]1C. The lowest BCUT2D eigenvalue weighted by molar-refractivity contribution is -0.141. The molecule has 2 atom stereocenters. The molecule has 144 valence electrons. The standard InChI is InChI=1S/C21H26N2O3S/c1-14-7-4-5-10-17(14)18(24)11-21-22(20(26)13-27-21)12-19(25)23-15(2)8-6-9-16(23)3/h4-5,7,10-11,15-16H,6,8-9,12-13H2,1-3H3/b21-11-/t15-,16-/m0/s1. The molecule has 2 amide bonds. The third-order valence-corrected chi connectivity index (χ3v) is 6.38. The van der Waals surface area contributed by atoms with Crippen LogP contribution in [0.25, 0.3) is 0 Å². The molecule has 0 N–H and O–H groups in total. The lowest BCUT2D eigenvalue weighted by Gasteiger charge is -2.39. The average Bonchev–Trinajstić information content (AvgIpc) is 2.95. The topological polar surface area (TPSA) is 57.7 Å². The molecule has 1 aromatic rings. The molecule has 1 aromatic carbocycles. The van der Waals surface area contributed by atoms with Gasteiger partial charge in [0.15, 0.2) is 5.78 Å². The molecule has 2 saturated heterocycles. The largest absolute Gasteiger partial charge is 0.336 e. The van der Waals surface area contributed by atoms with Crippen molar-refractivity contribution < 1.29 is 14.4 Å². The number of amides is 2. The molecule has 2 aliphatic heterocycles. The maximum atomic E-state index is 12.9. The van der Waals surface area contributed by atoms with Crippen LogP contribution in [0.5, 0.6) is 0 Å². The van der Waals surface area contributed by atoms with E-state index in [0.717, 1.165) is 24.8 Å². The van der Waals surface area contributed by atoms with Gasteiger partial charge < -0.3 is 4.90 Å². The van der Waals surface area contributed by atoms with Crippen LogP contribution >= 0.6 is 11.8 Å². The molecule has 27 heavy (non-hydrogen) atoms. The first-order chi connectivity index (χ1) is 12.9. The van der Waals surface area contributed by atoms with E-state index in [1.807, 2.05) is 30.0 Å². The van der Waals surface area contributed by atoms with Crippen LogP contribution in [0, 0.1) is 6.92 Å². The molecule has 0 aliphatic carbocycles. The summed E-state index contributed by atoms with van der Waals surface area (Å²) in [6.07, 6.45) is 4.61. The highest BCUT2D eigenvalue weighted by Crippen LogP contribution is 2.30. The number of carbonyl (C=O) groups is 3. The first-order valence-electron chi connectivity index (χ1n) is 9.44. The van der Waals surface area contributed by atoms with Crippen molar-refractivity contribution in [2.24, 2.45) is 0 Å². The Morgan fingerprint density at radius 1 is 1.19 bits per heavy atom. The number of hydrogen-bond acceptors (Lipinski definition) is 4. The highest BCUT2D eigenvalue weighted by molar-refractivity contribution is 8.04. The number of aryl methyl sites for hydroxylation is 1. The number of nitrogens with zero attached hydrogens (tertiary/aromatic N) is 2. The Bertz CT molecular complexity index is 779. The minimum absolute atomic E-state index is 0.00734. The summed E-state index contributed by atoms with van der Waals surface area (Å²) in [7, 11) is 0. The molecular formula is C21H26N2O3S. The van der Waals surface area contributed by atoms with Crippen LogP contribution in [0.2, 0.25) is 0 Å². The molecule has 0 unspecified atom stereocenters. The lowest BCUT2D eigenvalue weighted by atomic mass is 9.97. The molecular weight excluding hydrogens is 360 g/mol. The second-order valence-electron chi connectivity index (χ2n) is 7.36. The second kappa shape index (κ2) is 8.30. The Hall–Kier alpha value is -2.08. The minimum atomic E-state index is -0.137. The summed E-state index contributed by atoms with van der Waals surface area (Å²) in [5, 5.41) is 0.568. The van der Waals surface area contributed by atoms with Crippen LogP contribution in [0.3, 0.4) is 0 Å². The van der Waals surface area contributed by atoms with Crippen LogP contribution in [-0.2, 0) is 9.59 Å².